The third kappa shape index (κ3) is 2.93. The molecule has 0 fully saturated rings. The lowest BCUT2D eigenvalue weighted by Gasteiger charge is -2.23. The van der Waals surface area contributed by atoms with Crippen molar-refractivity contribution in [1.29, 1.82) is 0 Å². The van der Waals surface area contributed by atoms with Crippen molar-refractivity contribution >= 4 is 23.1 Å². The molecule has 2 aromatic rings. The fourth-order valence-electron chi connectivity index (χ4n) is 2.24. The molecule has 3 nitrogen and oxygen atoms in total. The van der Waals surface area contributed by atoms with Gasteiger partial charge >= 0.3 is 0 Å². The molecule has 0 amide bonds. The van der Waals surface area contributed by atoms with Crippen LogP contribution in [0.2, 0.25) is 5.15 Å². The van der Waals surface area contributed by atoms with Crippen LogP contribution in [0, 0.1) is 13.8 Å². The molecular weight excluding hydrogens is 270 g/mol. The second-order valence-corrected chi connectivity index (χ2v) is 5.33. The van der Waals surface area contributed by atoms with Crippen molar-refractivity contribution in [2.45, 2.75) is 33.6 Å². The maximum Gasteiger partial charge on any atom is 0.140 e. The third-order valence-electron chi connectivity index (χ3n) is 3.38. The highest BCUT2D eigenvalue weighted by Gasteiger charge is 2.15. The minimum absolute atomic E-state index is 0.541. The Morgan fingerprint density at radius 3 is 2.50 bits per heavy atom. The first-order chi connectivity index (χ1) is 9.54. The maximum atomic E-state index is 6.25. The van der Waals surface area contributed by atoms with E-state index in [1.807, 2.05) is 26.1 Å². The number of aromatic nitrogens is 2. The zero-order valence-electron chi connectivity index (χ0n) is 12.4. The summed E-state index contributed by atoms with van der Waals surface area (Å²) >= 11 is 6.25. The topological polar surface area (TPSA) is 29.0 Å². The van der Waals surface area contributed by atoms with E-state index in [1.54, 1.807) is 0 Å². The fraction of sp³-hybridized carbons (Fsp3) is 0.375. The number of anilines is 2. The molecule has 0 radical (unpaired) electrons. The number of hydrogen-bond acceptors (Lipinski definition) is 3. The normalized spacial score (nSPS) is 10.7. The lowest BCUT2D eigenvalue weighted by molar-refractivity contribution is 0.826. The van der Waals surface area contributed by atoms with Crippen molar-refractivity contribution in [2.24, 2.45) is 0 Å². The summed E-state index contributed by atoms with van der Waals surface area (Å²) in [6, 6.07) is 8.25. The van der Waals surface area contributed by atoms with E-state index in [4.69, 9.17) is 11.6 Å². The summed E-state index contributed by atoms with van der Waals surface area (Å²) in [6.07, 6.45) is 1.85. The first-order valence-corrected chi connectivity index (χ1v) is 7.24. The van der Waals surface area contributed by atoms with Crippen LogP contribution in [-0.2, 0) is 6.42 Å². The summed E-state index contributed by atoms with van der Waals surface area (Å²) in [5.74, 6) is 1.68. The van der Waals surface area contributed by atoms with Gasteiger partial charge in [-0.1, -0.05) is 36.7 Å². The predicted molar refractivity (Wildman–Crippen MR) is 85.0 cm³/mol. The van der Waals surface area contributed by atoms with Gasteiger partial charge < -0.3 is 4.90 Å². The molecule has 20 heavy (non-hydrogen) atoms. The van der Waals surface area contributed by atoms with E-state index in [1.165, 1.54) is 5.56 Å². The van der Waals surface area contributed by atoms with Crippen molar-refractivity contribution < 1.29 is 0 Å². The SMILES string of the molecule is CCCc1nc(Cl)c(C)c(N(C)c2ccccc2C)n1. The van der Waals surface area contributed by atoms with Gasteiger partial charge in [0.2, 0.25) is 0 Å². The molecule has 0 N–H and O–H groups in total. The van der Waals surface area contributed by atoms with Gasteiger partial charge in [0, 0.05) is 24.7 Å². The Bertz CT molecular complexity index is 611. The summed E-state index contributed by atoms with van der Waals surface area (Å²) in [4.78, 5) is 11.1. The molecule has 106 valence electrons. The number of aryl methyl sites for hydroxylation is 2. The summed E-state index contributed by atoms with van der Waals surface area (Å²) in [5.41, 5.74) is 3.26. The van der Waals surface area contributed by atoms with Gasteiger partial charge in [0.1, 0.15) is 16.8 Å². The van der Waals surface area contributed by atoms with Crippen LogP contribution in [0.5, 0.6) is 0 Å². The Labute approximate surface area is 125 Å². The van der Waals surface area contributed by atoms with Crippen LogP contribution in [0.3, 0.4) is 0 Å². The van der Waals surface area contributed by atoms with E-state index in [9.17, 15) is 0 Å². The lowest BCUT2D eigenvalue weighted by atomic mass is 10.2. The first kappa shape index (κ1) is 14.8. The largest absolute Gasteiger partial charge is 0.329 e. The van der Waals surface area contributed by atoms with E-state index in [-0.39, 0.29) is 0 Å². The van der Waals surface area contributed by atoms with E-state index >= 15 is 0 Å². The minimum atomic E-state index is 0.541. The van der Waals surface area contributed by atoms with Crippen molar-refractivity contribution in [3.05, 3.63) is 46.4 Å². The molecule has 1 heterocycles. The maximum absolute atomic E-state index is 6.25. The van der Waals surface area contributed by atoms with Gasteiger partial charge in [-0.3, -0.25) is 0 Å². The zero-order valence-corrected chi connectivity index (χ0v) is 13.2. The molecule has 1 aromatic carbocycles. The lowest BCUT2D eigenvalue weighted by Crippen LogP contribution is -2.16. The van der Waals surface area contributed by atoms with Crippen molar-refractivity contribution in [3.63, 3.8) is 0 Å². The molecule has 0 aliphatic carbocycles. The molecule has 2 rings (SSSR count). The Balaban J connectivity index is 2.48. The molecule has 1 aromatic heterocycles. The summed E-state index contributed by atoms with van der Waals surface area (Å²) in [6.45, 7) is 6.17. The van der Waals surface area contributed by atoms with E-state index in [0.717, 1.165) is 35.7 Å². The van der Waals surface area contributed by atoms with Gasteiger partial charge in [0.25, 0.3) is 0 Å². The monoisotopic (exact) mass is 289 g/mol. The zero-order chi connectivity index (χ0) is 14.7. The third-order valence-corrected chi connectivity index (χ3v) is 3.74. The average Bonchev–Trinajstić information content (AvgIpc) is 2.43. The van der Waals surface area contributed by atoms with Gasteiger partial charge in [0.05, 0.1) is 0 Å². The molecule has 0 bridgehead atoms. The molecule has 0 atom stereocenters. The standard InChI is InChI=1S/C16H20ClN3/c1-5-8-14-18-15(17)12(3)16(19-14)20(4)13-10-7-6-9-11(13)2/h6-7,9-10H,5,8H2,1-4H3. The molecule has 0 spiro atoms. The Morgan fingerprint density at radius 2 is 1.85 bits per heavy atom. The van der Waals surface area contributed by atoms with Crippen LogP contribution in [-0.4, -0.2) is 17.0 Å². The quantitative estimate of drug-likeness (QED) is 0.778. The second kappa shape index (κ2) is 6.23. The summed E-state index contributed by atoms with van der Waals surface area (Å²) < 4.78 is 0. The molecule has 0 aliphatic heterocycles. The summed E-state index contributed by atoms with van der Waals surface area (Å²) in [7, 11) is 2.02. The highest BCUT2D eigenvalue weighted by Crippen LogP contribution is 2.30. The number of hydrogen-bond donors (Lipinski definition) is 0. The van der Waals surface area contributed by atoms with Gasteiger partial charge in [-0.15, -0.1) is 0 Å². The molecule has 0 saturated carbocycles. The Hall–Kier alpha value is -1.61. The Morgan fingerprint density at radius 1 is 1.15 bits per heavy atom. The molecule has 0 aliphatic rings. The molecule has 0 unspecified atom stereocenters. The van der Waals surface area contributed by atoms with Crippen molar-refractivity contribution in [3.8, 4) is 0 Å². The smallest absolute Gasteiger partial charge is 0.140 e. The predicted octanol–water partition coefficient (Wildman–Crippen LogP) is 4.47. The van der Waals surface area contributed by atoms with Crippen molar-refractivity contribution in [2.75, 3.05) is 11.9 Å². The molecule has 4 heteroatoms. The van der Waals surface area contributed by atoms with Crippen LogP contribution < -0.4 is 4.90 Å². The van der Waals surface area contributed by atoms with Crippen LogP contribution >= 0.6 is 11.6 Å². The van der Waals surface area contributed by atoms with Crippen LogP contribution in [0.4, 0.5) is 11.5 Å². The van der Waals surface area contributed by atoms with Crippen LogP contribution in [0.25, 0.3) is 0 Å². The average molecular weight is 290 g/mol. The minimum Gasteiger partial charge on any atom is -0.329 e. The van der Waals surface area contributed by atoms with Gasteiger partial charge in [-0.25, -0.2) is 9.97 Å². The molecule has 0 saturated heterocycles. The number of para-hydroxylation sites is 1. The van der Waals surface area contributed by atoms with Gasteiger partial charge in [0.15, 0.2) is 0 Å². The number of benzene rings is 1. The fourth-order valence-corrected chi connectivity index (χ4v) is 2.42. The number of nitrogens with zero attached hydrogens (tertiary/aromatic N) is 3. The molecular formula is C16H20ClN3. The van der Waals surface area contributed by atoms with E-state index in [0.29, 0.717) is 5.15 Å². The Kier molecular flexibility index (Phi) is 4.61. The van der Waals surface area contributed by atoms with Gasteiger partial charge in [-0.05, 0) is 31.9 Å². The highest BCUT2D eigenvalue weighted by atomic mass is 35.5. The second-order valence-electron chi connectivity index (χ2n) is 4.97. The van der Waals surface area contributed by atoms with Crippen molar-refractivity contribution in [1.82, 2.24) is 9.97 Å². The number of rotatable bonds is 4. The van der Waals surface area contributed by atoms with Gasteiger partial charge in [-0.2, -0.15) is 0 Å². The number of halogens is 1. The van der Waals surface area contributed by atoms with E-state index in [2.05, 4.69) is 40.8 Å². The summed E-state index contributed by atoms with van der Waals surface area (Å²) in [5, 5.41) is 0.541. The van der Waals surface area contributed by atoms with Crippen LogP contribution in [0.1, 0.15) is 30.3 Å². The first-order valence-electron chi connectivity index (χ1n) is 6.87. The van der Waals surface area contributed by atoms with Crippen LogP contribution in [0.15, 0.2) is 24.3 Å². The van der Waals surface area contributed by atoms with E-state index < -0.39 is 0 Å². The highest BCUT2D eigenvalue weighted by molar-refractivity contribution is 6.30.